The van der Waals surface area contributed by atoms with E-state index in [-0.39, 0.29) is 0 Å². The van der Waals surface area contributed by atoms with Gasteiger partial charge in [-0.2, -0.15) is 0 Å². The van der Waals surface area contributed by atoms with Crippen LogP contribution in [0.15, 0.2) is 60.7 Å². The zero-order chi connectivity index (χ0) is 12.3. The molecule has 0 atom stereocenters. The molecule has 1 heterocycles. The average molecular weight is 255 g/mol. The fourth-order valence-electron chi connectivity index (χ4n) is 3.14. The highest BCUT2D eigenvalue weighted by molar-refractivity contribution is 7.89. The molecule has 0 radical (unpaired) electrons. The molecule has 0 unspecified atom stereocenters. The Morgan fingerprint density at radius 1 is 0.556 bits per heavy atom. The number of benzene rings is 2. The summed E-state index contributed by atoms with van der Waals surface area (Å²) in [6.07, 6.45) is 7.03. The first-order valence-electron chi connectivity index (χ1n) is 6.90. The van der Waals surface area contributed by atoms with Gasteiger partial charge < -0.3 is 0 Å². The van der Waals surface area contributed by atoms with Gasteiger partial charge in [-0.15, -0.1) is 0 Å². The first-order valence-corrected chi connectivity index (χ1v) is 9.06. The van der Waals surface area contributed by atoms with Crippen molar-refractivity contribution in [2.24, 2.45) is 0 Å². The highest BCUT2D eigenvalue weighted by atomic mass is 31.2. The molecule has 1 aliphatic heterocycles. The Morgan fingerprint density at radius 3 is 1.44 bits per heavy atom. The molecule has 0 spiro atoms. The molecule has 18 heavy (non-hydrogen) atoms. The summed E-state index contributed by atoms with van der Waals surface area (Å²) < 4.78 is 0. The zero-order valence-corrected chi connectivity index (χ0v) is 11.7. The maximum Gasteiger partial charge on any atom is 0.0991 e. The van der Waals surface area contributed by atoms with Crippen molar-refractivity contribution < 1.29 is 0 Å². The fourth-order valence-corrected chi connectivity index (χ4v) is 7.71. The molecule has 3 rings (SSSR count). The van der Waals surface area contributed by atoms with Crippen molar-refractivity contribution in [3.05, 3.63) is 60.7 Å². The van der Waals surface area contributed by atoms with Crippen LogP contribution in [0.25, 0.3) is 0 Å². The first-order chi connectivity index (χ1) is 8.92. The summed E-state index contributed by atoms with van der Waals surface area (Å²) in [4.78, 5) is 0. The average Bonchev–Trinajstić information content (AvgIpc) is 2.50. The number of hydrogen-bond acceptors (Lipinski definition) is 0. The summed E-state index contributed by atoms with van der Waals surface area (Å²) in [6, 6.07) is 22.5. The topological polar surface area (TPSA) is 0 Å². The number of hydrogen-bond donors (Lipinski definition) is 0. The van der Waals surface area contributed by atoms with Gasteiger partial charge in [-0.1, -0.05) is 36.4 Å². The molecule has 1 fully saturated rings. The maximum atomic E-state index is 2.35. The molecule has 1 saturated heterocycles. The van der Waals surface area contributed by atoms with Crippen LogP contribution in [0.4, 0.5) is 0 Å². The van der Waals surface area contributed by atoms with Crippen molar-refractivity contribution in [2.75, 3.05) is 12.3 Å². The van der Waals surface area contributed by atoms with Crippen LogP contribution < -0.4 is 10.6 Å². The van der Waals surface area contributed by atoms with Crippen LogP contribution >= 0.6 is 7.26 Å². The van der Waals surface area contributed by atoms with E-state index in [1.165, 1.54) is 31.6 Å². The molecule has 0 bridgehead atoms. The summed E-state index contributed by atoms with van der Waals surface area (Å²) >= 11 is 0. The second kappa shape index (κ2) is 5.24. The molecule has 2 aromatic rings. The van der Waals surface area contributed by atoms with Crippen molar-refractivity contribution >= 4 is 17.9 Å². The summed E-state index contributed by atoms with van der Waals surface area (Å²) in [5.41, 5.74) is 0. The third kappa shape index (κ3) is 2.10. The van der Waals surface area contributed by atoms with Gasteiger partial charge in [0.05, 0.1) is 30.2 Å². The van der Waals surface area contributed by atoms with Gasteiger partial charge in [0.15, 0.2) is 0 Å². The molecular weight excluding hydrogens is 235 g/mol. The third-order valence-corrected chi connectivity index (χ3v) is 8.81. The highest BCUT2D eigenvalue weighted by Crippen LogP contribution is 2.59. The van der Waals surface area contributed by atoms with Gasteiger partial charge in [0.2, 0.25) is 0 Å². The normalized spacial score (nSPS) is 18.4. The molecule has 0 aromatic heterocycles. The van der Waals surface area contributed by atoms with Gasteiger partial charge in [-0.25, -0.2) is 0 Å². The second-order valence-electron chi connectivity index (χ2n) is 5.15. The minimum atomic E-state index is -1.09. The predicted octanol–water partition coefficient (Wildman–Crippen LogP) is 3.84. The molecule has 2 aromatic carbocycles. The molecule has 92 valence electrons. The van der Waals surface area contributed by atoms with E-state index in [0.717, 1.165) is 0 Å². The molecule has 0 nitrogen and oxygen atoms in total. The van der Waals surface area contributed by atoms with Crippen molar-refractivity contribution in [1.82, 2.24) is 0 Å². The summed E-state index contributed by atoms with van der Waals surface area (Å²) in [5.74, 6) is 0. The molecular formula is C17H20P+. The Kier molecular flexibility index (Phi) is 3.48. The van der Waals surface area contributed by atoms with Crippen LogP contribution in [0.1, 0.15) is 19.3 Å². The smallest absolute Gasteiger partial charge is 0.0620 e. The molecule has 1 aliphatic rings. The van der Waals surface area contributed by atoms with Crippen LogP contribution in [0.3, 0.4) is 0 Å². The molecule has 0 aliphatic carbocycles. The Bertz CT molecular complexity index is 442. The molecule has 0 N–H and O–H groups in total. The van der Waals surface area contributed by atoms with Crippen molar-refractivity contribution in [3.8, 4) is 0 Å². The van der Waals surface area contributed by atoms with Crippen LogP contribution in [0.5, 0.6) is 0 Å². The van der Waals surface area contributed by atoms with Crippen molar-refractivity contribution in [1.29, 1.82) is 0 Å². The van der Waals surface area contributed by atoms with E-state index in [4.69, 9.17) is 0 Å². The van der Waals surface area contributed by atoms with Gasteiger partial charge >= 0.3 is 0 Å². The summed E-state index contributed by atoms with van der Waals surface area (Å²) in [6.45, 7) is 0. The lowest BCUT2D eigenvalue weighted by atomic mass is 10.3. The summed E-state index contributed by atoms with van der Waals surface area (Å²) in [5, 5.41) is 3.21. The van der Waals surface area contributed by atoms with E-state index in [1.54, 1.807) is 10.6 Å². The SMILES string of the molecule is c1ccc([P+]2(c3ccccc3)CCCCC2)cc1. The second-order valence-corrected chi connectivity index (χ2v) is 9.01. The monoisotopic (exact) mass is 255 g/mol. The van der Waals surface area contributed by atoms with Gasteiger partial charge in [0.1, 0.15) is 0 Å². The Labute approximate surface area is 110 Å². The van der Waals surface area contributed by atoms with E-state index >= 15 is 0 Å². The van der Waals surface area contributed by atoms with Crippen LogP contribution in [0, 0.1) is 0 Å². The van der Waals surface area contributed by atoms with Crippen LogP contribution in [0.2, 0.25) is 0 Å². The van der Waals surface area contributed by atoms with Gasteiger partial charge in [0.25, 0.3) is 0 Å². The lowest BCUT2D eigenvalue weighted by Gasteiger charge is -2.30. The van der Waals surface area contributed by atoms with Crippen molar-refractivity contribution in [3.63, 3.8) is 0 Å². The minimum Gasteiger partial charge on any atom is -0.0620 e. The van der Waals surface area contributed by atoms with Gasteiger partial charge in [-0.3, -0.25) is 0 Å². The van der Waals surface area contributed by atoms with E-state index in [1.807, 2.05) is 0 Å². The van der Waals surface area contributed by atoms with E-state index in [0.29, 0.717) is 0 Å². The Balaban J connectivity index is 2.10. The molecule has 0 saturated carbocycles. The van der Waals surface area contributed by atoms with Gasteiger partial charge in [0, 0.05) is 0 Å². The Hall–Kier alpha value is -1.13. The molecule has 1 heteroatoms. The van der Waals surface area contributed by atoms with Crippen LogP contribution in [-0.4, -0.2) is 12.3 Å². The zero-order valence-electron chi connectivity index (χ0n) is 10.8. The Morgan fingerprint density at radius 2 is 1.00 bits per heavy atom. The lowest BCUT2D eigenvalue weighted by molar-refractivity contribution is 0.751. The van der Waals surface area contributed by atoms with E-state index < -0.39 is 7.26 Å². The van der Waals surface area contributed by atoms with E-state index in [9.17, 15) is 0 Å². The summed E-state index contributed by atoms with van der Waals surface area (Å²) in [7, 11) is -1.09. The lowest BCUT2D eigenvalue weighted by Crippen LogP contribution is -2.29. The minimum absolute atomic E-state index is 1.09. The van der Waals surface area contributed by atoms with Gasteiger partial charge in [-0.05, 0) is 43.5 Å². The number of rotatable bonds is 2. The standard InChI is InChI=1S/C17H20P/c1-4-10-16(11-5-1)18(14-8-3-9-15-18)17-12-6-2-7-13-17/h1-2,4-7,10-13H,3,8-9,14-15H2/q+1. The maximum absolute atomic E-state index is 2.35. The third-order valence-electron chi connectivity index (χ3n) is 4.08. The first kappa shape index (κ1) is 11.9. The molecule has 0 amide bonds. The predicted molar refractivity (Wildman–Crippen MR) is 82.7 cm³/mol. The van der Waals surface area contributed by atoms with Crippen LogP contribution in [-0.2, 0) is 0 Å². The highest BCUT2D eigenvalue weighted by Gasteiger charge is 2.43. The quantitative estimate of drug-likeness (QED) is 0.715. The van der Waals surface area contributed by atoms with Crippen molar-refractivity contribution in [2.45, 2.75) is 19.3 Å². The van der Waals surface area contributed by atoms with E-state index in [2.05, 4.69) is 60.7 Å². The fraction of sp³-hybridized carbons (Fsp3) is 0.294. The largest absolute Gasteiger partial charge is 0.0991 e.